The molecule has 26 heavy (non-hydrogen) atoms. The topological polar surface area (TPSA) is 122 Å². The predicted molar refractivity (Wildman–Crippen MR) is 98.7 cm³/mol. The Kier molecular flexibility index (Phi) is 9.31. The summed E-state index contributed by atoms with van der Waals surface area (Å²) >= 11 is 0. The van der Waals surface area contributed by atoms with Crippen molar-refractivity contribution in [3.8, 4) is 0 Å². The molecule has 2 rings (SSSR count). The van der Waals surface area contributed by atoms with E-state index in [9.17, 15) is 19.7 Å². The summed E-state index contributed by atoms with van der Waals surface area (Å²) in [4.78, 5) is 34.3. The molecule has 0 aliphatic carbocycles. The van der Waals surface area contributed by atoms with Crippen LogP contribution in [-0.2, 0) is 11.3 Å². The molecule has 0 unspecified atom stereocenters. The van der Waals surface area contributed by atoms with Gasteiger partial charge >= 0.3 is 5.97 Å². The van der Waals surface area contributed by atoms with Crippen LogP contribution in [0.4, 0.5) is 5.69 Å². The summed E-state index contributed by atoms with van der Waals surface area (Å²) in [6.07, 6.45) is 3.18. The molecule has 0 atom stereocenters. The minimum Gasteiger partial charge on any atom is -0.462 e. The molecule has 0 fully saturated rings. The molecule has 0 saturated carbocycles. The summed E-state index contributed by atoms with van der Waals surface area (Å²) in [7, 11) is 0. The lowest BCUT2D eigenvalue weighted by Gasteiger charge is -2.02. The van der Waals surface area contributed by atoms with E-state index in [4.69, 9.17) is 4.74 Å². The van der Waals surface area contributed by atoms with Crippen LogP contribution in [0.5, 0.6) is 0 Å². The zero-order valence-corrected chi connectivity index (χ0v) is 16.0. The Hall–Kier alpha value is -2.65. The van der Waals surface area contributed by atoms with Crippen LogP contribution in [0.15, 0.2) is 42.7 Å². The van der Waals surface area contributed by atoms with E-state index in [0.29, 0.717) is 17.7 Å². The predicted octanol–water partition coefficient (Wildman–Crippen LogP) is 2.00. The summed E-state index contributed by atoms with van der Waals surface area (Å²) in [5, 5.41) is 11.0. The fourth-order valence-corrected chi connectivity index (χ4v) is 2.15. The lowest BCUT2D eigenvalue weighted by Crippen LogP contribution is -2.37. The first-order chi connectivity index (χ1) is 11.4. The first-order valence-electron chi connectivity index (χ1n) is 7.37. The second kappa shape index (κ2) is 10.4. The molecular formula is C17H20BrN2O6+. The van der Waals surface area contributed by atoms with Crippen molar-refractivity contribution in [2.75, 3.05) is 6.61 Å². The number of ether oxygens (including phenoxy) is 1. The Morgan fingerprint density at radius 3 is 2.31 bits per heavy atom. The molecule has 140 valence electrons. The van der Waals surface area contributed by atoms with Crippen LogP contribution in [0.2, 0.25) is 0 Å². The van der Waals surface area contributed by atoms with E-state index in [2.05, 4.69) is 0 Å². The van der Waals surface area contributed by atoms with Gasteiger partial charge in [-0.25, -0.2) is 4.79 Å². The maximum Gasteiger partial charge on any atom is 0.338 e. The highest BCUT2D eigenvalue weighted by molar-refractivity contribution is 8.93. The molecule has 0 spiro atoms. The van der Waals surface area contributed by atoms with Gasteiger partial charge in [-0.3, -0.25) is 14.9 Å². The zero-order valence-electron chi connectivity index (χ0n) is 14.3. The number of carbonyl (C=O) groups excluding carboxylic acids is 2. The molecule has 2 N–H and O–H groups in total. The van der Waals surface area contributed by atoms with E-state index in [1.165, 1.54) is 6.07 Å². The average Bonchev–Trinajstić information content (AvgIpc) is 2.55. The lowest BCUT2D eigenvalue weighted by atomic mass is 10.1. The van der Waals surface area contributed by atoms with Crippen molar-refractivity contribution in [1.29, 1.82) is 0 Å². The molecule has 0 aliphatic rings. The molecule has 0 amide bonds. The second-order valence-electron chi connectivity index (χ2n) is 5.16. The van der Waals surface area contributed by atoms with E-state index in [-0.39, 0.29) is 46.0 Å². The number of nitrogens with zero attached hydrogens (tertiary/aromatic N) is 2. The van der Waals surface area contributed by atoms with Crippen molar-refractivity contribution in [1.82, 2.24) is 0 Å². The summed E-state index contributed by atoms with van der Waals surface area (Å²) in [5.41, 5.74) is 1.09. The molecule has 0 saturated heterocycles. The Labute approximate surface area is 160 Å². The van der Waals surface area contributed by atoms with Crippen molar-refractivity contribution in [3.63, 3.8) is 0 Å². The number of carbonyl (C=O) groups is 2. The number of hydrogen-bond donors (Lipinski definition) is 0. The Bertz CT molecular complexity index is 792. The standard InChI is InChI=1S/C17H17N2O5.BrH.H2O/c1-3-24-17(21)13-6-8-18(9-7-13)11-16(20)14-5-4-12(2)15(10-14)19(22)23;;/h4-10H,3,11H2,1-2H3;1H;1H2/q+1;;. The Morgan fingerprint density at radius 2 is 1.77 bits per heavy atom. The molecule has 2 aromatic rings. The molecule has 0 bridgehead atoms. The number of Topliss-reactive ketones (excluding diaryl/α,β-unsaturated/α-hetero) is 1. The number of ketones is 1. The first-order valence-corrected chi connectivity index (χ1v) is 7.37. The van der Waals surface area contributed by atoms with Crippen molar-refractivity contribution in [2.24, 2.45) is 0 Å². The molecule has 1 aromatic heterocycles. The van der Waals surface area contributed by atoms with Crippen molar-refractivity contribution < 1.29 is 29.3 Å². The van der Waals surface area contributed by atoms with Crippen molar-refractivity contribution in [3.05, 3.63) is 69.5 Å². The van der Waals surface area contributed by atoms with E-state index in [0.717, 1.165) is 0 Å². The SMILES string of the molecule is Br.CCOC(=O)c1cc[n+](CC(=O)c2ccc(C)c([N+](=O)[O-])c2)cc1.O. The molecular weight excluding hydrogens is 408 g/mol. The van der Waals surface area contributed by atoms with E-state index in [1.807, 2.05) is 0 Å². The molecule has 0 radical (unpaired) electrons. The van der Waals surface area contributed by atoms with Crippen LogP contribution in [0.25, 0.3) is 0 Å². The molecule has 0 aliphatic heterocycles. The normalized spacial score (nSPS) is 9.46. The number of hydrogen-bond acceptors (Lipinski definition) is 5. The molecule has 9 heteroatoms. The van der Waals surface area contributed by atoms with Crippen LogP contribution in [0.1, 0.15) is 33.2 Å². The van der Waals surface area contributed by atoms with E-state index < -0.39 is 10.9 Å². The van der Waals surface area contributed by atoms with Gasteiger partial charge in [-0.15, -0.1) is 17.0 Å². The number of aryl methyl sites for hydroxylation is 1. The van der Waals surface area contributed by atoms with Gasteiger partial charge in [-0.05, 0) is 13.8 Å². The number of aromatic nitrogens is 1. The van der Waals surface area contributed by atoms with E-state index in [1.54, 1.807) is 55.1 Å². The Balaban J connectivity index is 0.00000312. The van der Waals surface area contributed by atoms with Gasteiger partial charge in [0.05, 0.1) is 17.1 Å². The largest absolute Gasteiger partial charge is 0.462 e. The highest BCUT2D eigenvalue weighted by atomic mass is 79.9. The number of nitro groups is 1. The van der Waals surface area contributed by atoms with Crippen LogP contribution in [0, 0.1) is 17.0 Å². The fraction of sp³-hybridized carbons (Fsp3) is 0.235. The van der Waals surface area contributed by atoms with Gasteiger partial charge in [-0.1, -0.05) is 12.1 Å². The van der Waals surface area contributed by atoms with E-state index >= 15 is 0 Å². The monoisotopic (exact) mass is 427 g/mol. The number of benzene rings is 1. The van der Waals surface area contributed by atoms with Crippen molar-refractivity contribution >= 4 is 34.4 Å². The molecule has 8 nitrogen and oxygen atoms in total. The number of nitro benzene ring substituents is 1. The third-order valence-corrected chi connectivity index (χ3v) is 3.46. The smallest absolute Gasteiger partial charge is 0.338 e. The van der Waals surface area contributed by atoms with Crippen molar-refractivity contribution in [2.45, 2.75) is 20.4 Å². The van der Waals surface area contributed by atoms with Gasteiger partial charge in [0.25, 0.3) is 5.69 Å². The number of halogens is 1. The maximum atomic E-state index is 12.3. The van der Waals surface area contributed by atoms with Crippen LogP contribution in [-0.4, -0.2) is 28.8 Å². The second-order valence-corrected chi connectivity index (χ2v) is 5.16. The maximum absolute atomic E-state index is 12.3. The zero-order chi connectivity index (χ0) is 17.7. The quantitative estimate of drug-likeness (QED) is 0.229. The average molecular weight is 428 g/mol. The highest BCUT2D eigenvalue weighted by Crippen LogP contribution is 2.19. The van der Waals surface area contributed by atoms with Crippen LogP contribution >= 0.6 is 17.0 Å². The first kappa shape index (κ1) is 23.4. The van der Waals surface area contributed by atoms with Gasteiger partial charge in [0.15, 0.2) is 12.4 Å². The highest BCUT2D eigenvalue weighted by Gasteiger charge is 2.18. The number of pyridine rings is 1. The summed E-state index contributed by atoms with van der Waals surface area (Å²) in [6, 6.07) is 7.52. The van der Waals surface area contributed by atoms with Crippen LogP contribution in [0.3, 0.4) is 0 Å². The lowest BCUT2D eigenvalue weighted by molar-refractivity contribution is -0.683. The van der Waals surface area contributed by atoms with Gasteiger partial charge in [0, 0.05) is 29.3 Å². The van der Waals surface area contributed by atoms with Gasteiger partial charge < -0.3 is 10.2 Å². The third-order valence-electron chi connectivity index (χ3n) is 3.46. The summed E-state index contributed by atoms with van der Waals surface area (Å²) in [5.74, 6) is -0.683. The third kappa shape index (κ3) is 5.71. The van der Waals surface area contributed by atoms with Crippen LogP contribution < -0.4 is 4.57 Å². The van der Waals surface area contributed by atoms with Gasteiger partial charge in [0.2, 0.25) is 12.3 Å². The number of rotatable bonds is 6. The minimum atomic E-state index is -0.507. The Morgan fingerprint density at radius 1 is 1.15 bits per heavy atom. The minimum absolute atomic E-state index is 0. The summed E-state index contributed by atoms with van der Waals surface area (Å²) in [6.45, 7) is 3.65. The summed E-state index contributed by atoms with van der Waals surface area (Å²) < 4.78 is 6.48. The van der Waals surface area contributed by atoms with Gasteiger partial charge in [0.1, 0.15) is 0 Å². The molecule has 1 aromatic carbocycles. The molecule has 1 heterocycles. The number of esters is 1. The fourth-order valence-electron chi connectivity index (χ4n) is 2.15. The van der Waals surface area contributed by atoms with Gasteiger partial charge in [-0.2, -0.15) is 4.57 Å².